The second-order valence-corrected chi connectivity index (χ2v) is 7.37. The van der Waals surface area contributed by atoms with Crippen molar-refractivity contribution in [1.82, 2.24) is 5.32 Å². The molecule has 128 valence electrons. The Bertz CT molecular complexity index is 821. The van der Waals surface area contributed by atoms with Crippen LogP contribution in [0, 0.1) is 11.3 Å². The number of carbonyl (C=O) groups is 2. The SMILES string of the molecule is CC(C)(C)C1=CC(=O)NC2=CC(=NC(=O)Cc3ccccc3)C=CC21. The van der Waals surface area contributed by atoms with Crippen LogP contribution >= 0.6 is 0 Å². The highest BCUT2D eigenvalue weighted by molar-refractivity contribution is 6.11. The smallest absolute Gasteiger partial charge is 0.250 e. The molecule has 1 aliphatic carbocycles. The number of hydrogen-bond acceptors (Lipinski definition) is 2. The Morgan fingerprint density at radius 3 is 2.56 bits per heavy atom. The Labute approximate surface area is 148 Å². The van der Waals surface area contributed by atoms with Crippen LogP contribution in [0.2, 0.25) is 0 Å². The molecule has 4 heteroatoms. The molecule has 0 radical (unpaired) electrons. The van der Waals surface area contributed by atoms with Gasteiger partial charge in [-0.3, -0.25) is 9.59 Å². The second kappa shape index (κ2) is 6.63. The maximum Gasteiger partial charge on any atom is 0.250 e. The first kappa shape index (κ1) is 17.1. The molecule has 1 N–H and O–H groups in total. The highest BCUT2D eigenvalue weighted by Crippen LogP contribution is 2.38. The van der Waals surface area contributed by atoms with E-state index in [4.69, 9.17) is 0 Å². The molecule has 0 bridgehead atoms. The van der Waals surface area contributed by atoms with Crippen LogP contribution in [0.1, 0.15) is 26.3 Å². The fourth-order valence-corrected chi connectivity index (χ4v) is 3.10. The van der Waals surface area contributed by atoms with Crippen molar-refractivity contribution in [2.75, 3.05) is 0 Å². The molecule has 1 heterocycles. The number of aliphatic imine (C=N–C) groups is 1. The summed E-state index contributed by atoms with van der Waals surface area (Å²) in [7, 11) is 0. The van der Waals surface area contributed by atoms with Crippen molar-refractivity contribution >= 4 is 17.5 Å². The molecule has 2 aliphatic rings. The molecular formula is C21H22N2O2. The van der Waals surface area contributed by atoms with Crippen LogP contribution in [0.3, 0.4) is 0 Å². The van der Waals surface area contributed by atoms with Crippen LogP contribution < -0.4 is 5.32 Å². The highest BCUT2D eigenvalue weighted by Gasteiger charge is 2.32. The van der Waals surface area contributed by atoms with Crippen molar-refractivity contribution in [3.63, 3.8) is 0 Å². The fourth-order valence-electron chi connectivity index (χ4n) is 3.10. The summed E-state index contributed by atoms with van der Waals surface area (Å²) < 4.78 is 0. The molecule has 0 saturated carbocycles. The Balaban J connectivity index is 1.81. The lowest BCUT2D eigenvalue weighted by molar-refractivity contribution is -0.117. The lowest BCUT2D eigenvalue weighted by atomic mass is 9.74. The van der Waals surface area contributed by atoms with Gasteiger partial charge < -0.3 is 5.32 Å². The highest BCUT2D eigenvalue weighted by atomic mass is 16.2. The zero-order valence-electron chi connectivity index (χ0n) is 14.7. The predicted octanol–water partition coefficient (Wildman–Crippen LogP) is 3.37. The molecule has 25 heavy (non-hydrogen) atoms. The summed E-state index contributed by atoms with van der Waals surface area (Å²) in [5.41, 5.74) is 3.25. The molecule has 0 spiro atoms. The topological polar surface area (TPSA) is 58.5 Å². The van der Waals surface area contributed by atoms with E-state index in [1.54, 1.807) is 12.2 Å². The molecule has 1 aromatic rings. The van der Waals surface area contributed by atoms with Gasteiger partial charge in [0.2, 0.25) is 5.91 Å². The maximum absolute atomic E-state index is 12.2. The molecule has 0 fully saturated rings. The minimum Gasteiger partial charge on any atom is -0.325 e. The van der Waals surface area contributed by atoms with Crippen molar-refractivity contribution < 1.29 is 9.59 Å². The summed E-state index contributed by atoms with van der Waals surface area (Å²) in [6, 6.07) is 9.54. The predicted molar refractivity (Wildman–Crippen MR) is 99.0 cm³/mol. The number of benzene rings is 1. The monoisotopic (exact) mass is 334 g/mol. The van der Waals surface area contributed by atoms with Crippen molar-refractivity contribution in [3.8, 4) is 0 Å². The van der Waals surface area contributed by atoms with Gasteiger partial charge in [-0.2, -0.15) is 0 Å². The van der Waals surface area contributed by atoms with E-state index in [1.165, 1.54) is 0 Å². The van der Waals surface area contributed by atoms with E-state index in [0.29, 0.717) is 5.71 Å². The molecule has 0 saturated heterocycles. The summed E-state index contributed by atoms with van der Waals surface area (Å²) >= 11 is 0. The second-order valence-electron chi connectivity index (χ2n) is 7.37. The molecule has 2 amide bonds. The minimum absolute atomic E-state index is 0.0286. The van der Waals surface area contributed by atoms with Gasteiger partial charge in [0.1, 0.15) is 0 Å². The molecule has 1 aliphatic heterocycles. The van der Waals surface area contributed by atoms with Gasteiger partial charge in [0.25, 0.3) is 5.91 Å². The number of allylic oxidation sites excluding steroid dienone is 3. The van der Waals surface area contributed by atoms with E-state index in [1.807, 2.05) is 42.5 Å². The van der Waals surface area contributed by atoms with Gasteiger partial charge in [-0.1, -0.05) is 57.2 Å². The van der Waals surface area contributed by atoms with Gasteiger partial charge in [0.15, 0.2) is 0 Å². The van der Waals surface area contributed by atoms with Gasteiger partial charge >= 0.3 is 0 Å². The van der Waals surface area contributed by atoms with Gasteiger partial charge in [0, 0.05) is 17.7 Å². The quantitative estimate of drug-likeness (QED) is 0.901. The molecule has 1 aromatic carbocycles. The number of hydrogen-bond donors (Lipinski definition) is 1. The molecule has 0 aromatic heterocycles. The van der Waals surface area contributed by atoms with Gasteiger partial charge in [0.05, 0.1) is 12.1 Å². The Hall–Kier alpha value is -2.75. The number of fused-ring (bicyclic) bond motifs is 1. The van der Waals surface area contributed by atoms with Crippen molar-refractivity contribution in [2.24, 2.45) is 16.3 Å². The lowest BCUT2D eigenvalue weighted by Crippen LogP contribution is -2.36. The molecule has 3 rings (SSSR count). The van der Waals surface area contributed by atoms with Gasteiger partial charge in [-0.05, 0) is 28.7 Å². The van der Waals surface area contributed by atoms with E-state index in [0.717, 1.165) is 16.8 Å². The van der Waals surface area contributed by atoms with Crippen molar-refractivity contribution in [3.05, 3.63) is 71.5 Å². The number of carbonyl (C=O) groups excluding carboxylic acids is 2. The minimum atomic E-state index is -0.199. The van der Waals surface area contributed by atoms with Crippen molar-refractivity contribution in [1.29, 1.82) is 0 Å². The molecule has 1 unspecified atom stereocenters. The molecule has 4 nitrogen and oxygen atoms in total. The Morgan fingerprint density at radius 2 is 1.88 bits per heavy atom. The van der Waals surface area contributed by atoms with Crippen LogP contribution in [0.15, 0.2) is 70.9 Å². The van der Waals surface area contributed by atoms with Gasteiger partial charge in [-0.15, -0.1) is 0 Å². The van der Waals surface area contributed by atoms with Crippen LogP contribution in [0.25, 0.3) is 0 Å². The third kappa shape index (κ3) is 4.02. The van der Waals surface area contributed by atoms with Crippen molar-refractivity contribution in [2.45, 2.75) is 27.2 Å². The average molecular weight is 334 g/mol. The Kier molecular flexibility index (Phi) is 4.53. The van der Waals surface area contributed by atoms with E-state index in [9.17, 15) is 9.59 Å². The van der Waals surface area contributed by atoms with Gasteiger partial charge in [-0.25, -0.2) is 4.99 Å². The van der Waals surface area contributed by atoms with Crippen LogP contribution in [0.5, 0.6) is 0 Å². The molecule has 1 atom stereocenters. The molecular weight excluding hydrogens is 312 g/mol. The van der Waals surface area contributed by atoms with E-state index >= 15 is 0 Å². The van der Waals surface area contributed by atoms with E-state index in [2.05, 4.69) is 31.1 Å². The first-order chi connectivity index (χ1) is 11.8. The first-order valence-corrected chi connectivity index (χ1v) is 8.41. The summed E-state index contributed by atoms with van der Waals surface area (Å²) in [5, 5.41) is 2.88. The van der Waals surface area contributed by atoms with E-state index in [-0.39, 0.29) is 29.6 Å². The summed E-state index contributed by atoms with van der Waals surface area (Å²) in [5.74, 6) is -0.298. The third-order valence-corrected chi connectivity index (χ3v) is 4.31. The third-order valence-electron chi connectivity index (χ3n) is 4.31. The summed E-state index contributed by atoms with van der Waals surface area (Å²) in [6.45, 7) is 6.28. The maximum atomic E-state index is 12.2. The normalized spacial score (nSPS) is 21.3. The largest absolute Gasteiger partial charge is 0.325 e. The zero-order chi connectivity index (χ0) is 18.0. The average Bonchev–Trinajstić information content (AvgIpc) is 2.53. The summed E-state index contributed by atoms with van der Waals surface area (Å²) in [6.07, 6.45) is 7.60. The Morgan fingerprint density at radius 1 is 1.16 bits per heavy atom. The van der Waals surface area contributed by atoms with Crippen LogP contribution in [-0.4, -0.2) is 17.5 Å². The van der Waals surface area contributed by atoms with E-state index < -0.39 is 0 Å². The zero-order valence-corrected chi connectivity index (χ0v) is 14.7. The van der Waals surface area contributed by atoms with Crippen LogP contribution in [0.4, 0.5) is 0 Å². The number of nitrogens with one attached hydrogen (secondary N) is 1. The fraction of sp³-hybridized carbons (Fsp3) is 0.286. The number of rotatable bonds is 2. The first-order valence-electron chi connectivity index (χ1n) is 8.41. The summed E-state index contributed by atoms with van der Waals surface area (Å²) in [4.78, 5) is 28.3. The number of nitrogens with zero attached hydrogens (tertiary/aromatic N) is 1. The van der Waals surface area contributed by atoms with Crippen LogP contribution in [-0.2, 0) is 16.0 Å². The standard InChI is InChI=1S/C21H22N2O2/c1-21(2,3)17-13-20(25)23-18-12-15(9-10-16(17)18)22-19(24)11-14-7-5-4-6-8-14/h4-10,12-13,16H,11H2,1-3H3,(H,23,25). The lowest BCUT2D eigenvalue weighted by Gasteiger charge is -2.34. The number of amides is 2.